The van der Waals surface area contributed by atoms with E-state index >= 15 is 0 Å². The van der Waals surface area contributed by atoms with Gasteiger partial charge in [-0.25, -0.2) is 0 Å². The zero-order valence-corrected chi connectivity index (χ0v) is 13.6. The summed E-state index contributed by atoms with van der Waals surface area (Å²) in [4.78, 5) is 24.4. The summed E-state index contributed by atoms with van der Waals surface area (Å²) in [6.45, 7) is 4.61. The highest BCUT2D eigenvalue weighted by Gasteiger charge is 2.26. The maximum Gasteiger partial charge on any atom is 0.287 e. The second kappa shape index (κ2) is 7.42. The molecule has 2 rings (SSSR count). The molecular formula is C18H23NO4. The number of aliphatic hydroxyl groups excluding tert-OH is 1. The van der Waals surface area contributed by atoms with E-state index < -0.39 is 5.91 Å². The van der Waals surface area contributed by atoms with Gasteiger partial charge in [0.1, 0.15) is 5.58 Å². The summed E-state index contributed by atoms with van der Waals surface area (Å²) >= 11 is 0. The Bertz CT molecular complexity index is 731. The Morgan fingerprint density at radius 1 is 1.26 bits per heavy atom. The van der Waals surface area contributed by atoms with Crippen molar-refractivity contribution in [2.24, 2.45) is 5.41 Å². The van der Waals surface area contributed by atoms with E-state index in [1.165, 1.54) is 6.07 Å². The number of para-hydroxylation sites is 1. The van der Waals surface area contributed by atoms with Crippen molar-refractivity contribution in [2.75, 3.05) is 13.2 Å². The standard InChI is InChI=1S/C18H23NO4/c1-3-18(4-2,9-10-20)12-19-17(22)16-11-14(21)13-7-5-6-8-15(13)23-16/h5-8,11,20H,3-4,9-10,12H2,1-2H3,(H,19,22). The Labute approximate surface area is 135 Å². The van der Waals surface area contributed by atoms with Crippen LogP contribution in [-0.2, 0) is 0 Å². The number of carbonyl (C=O) groups excluding carboxylic acids is 1. The first-order chi connectivity index (χ1) is 11.0. The fourth-order valence-electron chi connectivity index (χ4n) is 2.75. The number of fused-ring (bicyclic) bond motifs is 1. The molecule has 0 radical (unpaired) electrons. The average Bonchev–Trinajstić information content (AvgIpc) is 2.58. The number of amides is 1. The van der Waals surface area contributed by atoms with E-state index in [1.807, 2.05) is 13.8 Å². The Hall–Kier alpha value is -2.14. The number of hydrogen-bond acceptors (Lipinski definition) is 4. The van der Waals surface area contributed by atoms with Crippen molar-refractivity contribution >= 4 is 16.9 Å². The fourth-order valence-corrected chi connectivity index (χ4v) is 2.75. The summed E-state index contributed by atoms with van der Waals surface area (Å²) in [6, 6.07) is 8.08. The second-order valence-electron chi connectivity index (χ2n) is 5.83. The van der Waals surface area contributed by atoms with E-state index in [9.17, 15) is 14.7 Å². The predicted molar refractivity (Wildman–Crippen MR) is 89.5 cm³/mol. The molecule has 2 aromatic rings. The van der Waals surface area contributed by atoms with E-state index in [0.717, 1.165) is 12.8 Å². The smallest absolute Gasteiger partial charge is 0.287 e. The van der Waals surface area contributed by atoms with Gasteiger partial charge in [-0.15, -0.1) is 0 Å². The van der Waals surface area contributed by atoms with Crippen LogP contribution in [0, 0.1) is 5.41 Å². The van der Waals surface area contributed by atoms with Gasteiger partial charge in [-0.2, -0.15) is 0 Å². The van der Waals surface area contributed by atoms with Crippen molar-refractivity contribution in [2.45, 2.75) is 33.1 Å². The molecule has 0 saturated heterocycles. The molecule has 1 amide bonds. The molecule has 0 fully saturated rings. The second-order valence-corrected chi connectivity index (χ2v) is 5.83. The Balaban J connectivity index is 2.19. The van der Waals surface area contributed by atoms with Gasteiger partial charge < -0.3 is 14.8 Å². The first-order valence-corrected chi connectivity index (χ1v) is 7.97. The van der Waals surface area contributed by atoms with Crippen LogP contribution in [0.15, 0.2) is 39.5 Å². The Morgan fingerprint density at radius 2 is 1.96 bits per heavy atom. The third-order valence-electron chi connectivity index (χ3n) is 4.62. The van der Waals surface area contributed by atoms with Crippen LogP contribution < -0.4 is 10.7 Å². The van der Waals surface area contributed by atoms with Gasteiger partial charge in [-0.3, -0.25) is 9.59 Å². The van der Waals surface area contributed by atoms with Crippen LogP contribution in [0.5, 0.6) is 0 Å². The molecule has 0 aliphatic rings. The summed E-state index contributed by atoms with van der Waals surface area (Å²) in [6.07, 6.45) is 2.33. The van der Waals surface area contributed by atoms with Crippen LogP contribution in [-0.4, -0.2) is 24.2 Å². The lowest BCUT2D eigenvalue weighted by Gasteiger charge is -2.31. The summed E-state index contributed by atoms with van der Waals surface area (Å²) in [5, 5.41) is 12.5. The lowest BCUT2D eigenvalue weighted by atomic mass is 9.79. The van der Waals surface area contributed by atoms with Crippen molar-refractivity contribution in [1.29, 1.82) is 0 Å². The number of rotatable bonds is 7. The van der Waals surface area contributed by atoms with Gasteiger partial charge in [0.25, 0.3) is 5.91 Å². The first kappa shape index (κ1) is 17.2. The minimum atomic E-state index is -0.405. The van der Waals surface area contributed by atoms with Crippen molar-refractivity contribution in [3.8, 4) is 0 Å². The van der Waals surface area contributed by atoms with E-state index in [2.05, 4.69) is 5.32 Å². The van der Waals surface area contributed by atoms with E-state index in [1.54, 1.807) is 24.3 Å². The van der Waals surface area contributed by atoms with Gasteiger partial charge in [0.2, 0.25) is 0 Å². The molecule has 0 spiro atoms. The monoisotopic (exact) mass is 317 g/mol. The average molecular weight is 317 g/mol. The van der Waals surface area contributed by atoms with Crippen LogP contribution in [0.25, 0.3) is 11.0 Å². The summed E-state index contributed by atoms with van der Waals surface area (Å²) in [7, 11) is 0. The molecule has 0 saturated carbocycles. The maximum atomic E-state index is 12.3. The largest absolute Gasteiger partial charge is 0.451 e. The van der Waals surface area contributed by atoms with Gasteiger partial charge >= 0.3 is 0 Å². The summed E-state index contributed by atoms with van der Waals surface area (Å²) in [5.74, 6) is -0.393. The number of hydrogen-bond donors (Lipinski definition) is 2. The maximum absolute atomic E-state index is 12.3. The van der Waals surface area contributed by atoms with E-state index in [4.69, 9.17) is 4.42 Å². The molecule has 2 N–H and O–H groups in total. The van der Waals surface area contributed by atoms with Crippen molar-refractivity contribution in [3.05, 3.63) is 46.3 Å². The number of carbonyl (C=O) groups is 1. The van der Waals surface area contributed by atoms with Crippen LogP contribution >= 0.6 is 0 Å². The highest BCUT2D eigenvalue weighted by atomic mass is 16.3. The van der Waals surface area contributed by atoms with Crippen LogP contribution in [0.1, 0.15) is 43.7 Å². The Kier molecular flexibility index (Phi) is 5.55. The van der Waals surface area contributed by atoms with E-state index in [0.29, 0.717) is 23.9 Å². The lowest BCUT2D eigenvalue weighted by molar-refractivity contribution is 0.0880. The topological polar surface area (TPSA) is 79.5 Å². The SMILES string of the molecule is CCC(CC)(CCO)CNC(=O)c1cc(=O)c2ccccc2o1. The van der Waals surface area contributed by atoms with Crippen LogP contribution in [0.2, 0.25) is 0 Å². The molecule has 5 nitrogen and oxygen atoms in total. The molecule has 0 atom stereocenters. The molecule has 124 valence electrons. The van der Waals surface area contributed by atoms with Gasteiger partial charge in [0.15, 0.2) is 11.2 Å². The molecule has 23 heavy (non-hydrogen) atoms. The first-order valence-electron chi connectivity index (χ1n) is 7.97. The molecule has 5 heteroatoms. The molecule has 0 aliphatic carbocycles. The van der Waals surface area contributed by atoms with Crippen molar-refractivity contribution in [1.82, 2.24) is 5.32 Å². The predicted octanol–water partition coefficient (Wildman–Crippen LogP) is 2.71. The zero-order valence-electron chi connectivity index (χ0n) is 13.6. The molecular weight excluding hydrogens is 294 g/mol. The quantitative estimate of drug-likeness (QED) is 0.823. The molecule has 1 heterocycles. The number of aliphatic hydroxyl groups is 1. The van der Waals surface area contributed by atoms with Gasteiger partial charge in [-0.1, -0.05) is 26.0 Å². The minimum Gasteiger partial charge on any atom is -0.451 e. The van der Waals surface area contributed by atoms with Gasteiger partial charge in [-0.05, 0) is 36.8 Å². The van der Waals surface area contributed by atoms with E-state index in [-0.39, 0.29) is 23.2 Å². The number of nitrogens with one attached hydrogen (secondary N) is 1. The molecule has 1 aromatic carbocycles. The number of benzene rings is 1. The van der Waals surface area contributed by atoms with Gasteiger partial charge in [0.05, 0.1) is 5.39 Å². The fraction of sp³-hybridized carbons (Fsp3) is 0.444. The molecule has 0 bridgehead atoms. The lowest BCUT2D eigenvalue weighted by Crippen LogP contribution is -2.37. The highest BCUT2D eigenvalue weighted by molar-refractivity contribution is 5.93. The van der Waals surface area contributed by atoms with Crippen molar-refractivity contribution in [3.63, 3.8) is 0 Å². The highest BCUT2D eigenvalue weighted by Crippen LogP contribution is 2.29. The third-order valence-corrected chi connectivity index (χ3v) is 4.62. The van der Waals surface area contributed by atoms with Gasteiger partial charge in [0, 0.05) is 19.2 Å². The van der Waals surface area contributed by atoms with Crippen LogP contribution in [0.3, 0.4) is 0 Å². The minimum absolute atomic E-state index is 0.0128. The zero-order chi connectivity index (χ0) is 16.9. The molecule has 0 unspecified atom stereocenters. The third kappa shape index (κ3) is 3.79. The van der Waals surface area contributed by atoms with Crippen LogP contribution in [0.4, 0.5) is 0 Å². The summed E-state index contributed by atoms with van der Waals surface area (Å²) < 4.78 is 5.54. The Morgan fingerprint density at radius 3 is 2.61 bits per heavy atom. The normalized spacial score (nSPS) is 11.6. The molecule has 0 aliphatic heterocycles. The molecule has 1 aromatic heterocycles. The summed E-state index contributed by atoms with van der Waals surface area (Å²) in [5.41, 5.74) is 0.0315. The van der Waals surface area contributed by atoms with Crippen molar-refractivity contribution < 1.29 is 14.3 Å².